The van der Waals surface area contributed by atoms with Crippen molar-refractivity contribution in [1.29, 1.82) is 0 Å². The smallest absolute Gasteiger partial charge is 0.0217 e. The van der Waals surface area contributed by atoms with E-state index >= 15 is 0 Å². The van der Waals surface area contributed by atoms with Crippen molar-refractivity contribution in [3.63, 3.8) is 0 Å². The van der Waals surface area contributed by atoms with Gasteiger partial charge in [-0.05, 0) is 31.7 Å². The number of nitrogens with zero attached hydrogens (tertiary/aromatic N) is 1. The molecule has 0 aromatic rings. The standard InChI is InChI=1S/C14H30N2/c1-6-12(4)14(15-5)10-16(9-11(2)3)13-7-8-13/h11-15H,6-10H2,1-5H3. The third-order valence-electron chi connectivity index (χ3n) is 3.80. The number of hydrogen-bond donors (Lipinski definition) is 1. The fraction of sp³-hybridized carbons (Fsp3) is 1.00. The molecule has 0 bridgehead atoms. The summed E-state index contributed by atoms with van der Waals surface area (Å²) >= 11 is 0. The molecule has 2 unspecified atom stereocenters. The highest BCUT2D eigenvalue weighted by Crippen LogP contribution is 2.28. The molecular formula is C14H30N2. The molecule has 1 fully saturated rings. The van der Waals surface area contributed by atoms with Gasteiger partial charge in [-0.15, -0.1) is 0 Å². The fourth-order valence-electron chi connectivity index (χ4n) is 2.37. The van der Waals surface area contributed by atoms with Gasteiger partial charge in [0.2, 0.25) is 0 Å². The molecule has 1 aliphatic rings. The van der Waals surface area contributed by atoms with Crippen LogP contribution < -0.4 is 5.32 Å². The van der Waals surface area contributed by atoms with Crippen LogP contribution in [0.4, 0.5) is 0 Å². The average molecular weight is 226 g/mol. The lowest BCUT2D eigenvalue weighted by molar-refractivity contribution is 0.189. The second kappa shape index (κ2) is 6.61. The highest BCUT2D eigenvalue weighted by Gasteiger charge is 2.31. The number of nitrogens with one attached hydrogen (secondary N) is 1. The predicted molar refractivity (Wildman–Crippen MR) is 71.7 cm³/mol. The summed E-state index contributed by atoms with van der Waals surface area (Å²) in [5.74, 6) is 1.56. The molecule has 0 spiro atoms. The van der Waals surface area contributed by atoms with Crippen LogP contribution in [0.3, 0.4) is 0 Å². The van der Waals surface area contributed by atoms with Gasteiger partial charge in [-0.3, -0.25) is 4.90 Å². The van der Waals surface area contributed by atoms with E-state index in [-0.39, 0.29) is 0 Å². The van der Waals surface area contributed by atoms with Crippen LogP contribution in [0, 0.1) is 11.8 Å². The first-order valence-electron chi connectivity index (χ1n) is 6.99. The highest BCUT2D eigenvalue weighted by molar-refractivity contribution is 4.88. The zero-order chi connectivity index (χ0) is 12.1. The van der Waals surface area contributed by atoms with Gasteiger partial charge >= 0.3 is 0 Å². The molecule has 1 saturated carbocycles. The summed E-state index contributed by atoms with van der Waals surface area (Å²) in [6.07, 6.45) is 4.11. The molecule has 1 N–H and O–H groups in total. The molecule has 0 radical (unpaired) electrons. The van der Waals surface area contributed by atoms with Crippen LogP contribution in [0.1, 0.15) is 47.0 Å². The zero-order valence-electron chi connectivity index (χ0n) is 11.8. The molecule has 2 atom stereocenters. The average Bonchev–Trinajstić information content (AvgIpc) is 3.06. The summed E-state index contributed by atoms with van der Waals surface area (Å²) in [5.41, 5.74) is 0. The molecule has 0 aliphatic heterocycles. The Balaban J connectivity index is 2.44. The third kappa shape index (κ3) is 4.42. The second-order valence-corrected chi connectivity index (χ2v) is 5.86. The molecule has 2 heteroatoms. The van der Waals surface area contributed by atoms with Crippen LogP contribution in [0.15, 0.2) is 0 Å². The minimum absolute atomic E-state index is 0.657. The van der Waals surface area contributed by atoms with E-state index in [0.717, 1.165) is 17.9 Å². The quantitative estimate of drug-likeness (QED) is 0.684. The van der Waals surface area contributed by atoms with E-state index in [1.54, 1.807) is 0 Å². The van der Waals surface area contributed by atoms with Crippen LogP contribution in [0.25, 0.3) is 0 Å². The monoisotopic (exact) mass is 226 g/mol. The van der Waals surface area contributed by atoms with Crippen molar-refractivity contribution in [3.05, 3.63) is 0 Å². The summed E-state index contributed by atoms with van der Waals surface area (Å²) in [6.45, 7) is 11.8. The Bertz CT molecular complexity index is 187. The van der Waals surface area contributed by atoms with Crippen molar-refractivity contribution in [2.45, 2.75) is 59.0 Å². The molecule has 2 nitrogen and oxygen atoms in total. The Morgan fingerprint density at radius 1 is 1.19 bits per heavy atom. The van der Waals surface area contributed by atoms with E-state index in [2.05, 4.69) is 45.0 Å². The molecule has 0 amide bonds. The first-order valence-corrected chi connectivity index (χ1v) is 6.99. The van der Waals surface area contributed by atoms with E-state index in [4.69, 9.17) is 0 Å². The van der Waals surface area contributed by atoms with Crippen molar-refractivity contribution in [3.8, 4) is 0 Å². The van der Waals surface area contributed by atoms with Crippen molar-refractivity contribution >= 4 is 0 Å². The van der Waals surface area contributed by atoms with E-state index in [1.807, 2.05) is 0 Å². The molecule has 96 valence electrons. The molecule has 0 heterocycles. The lowest BCUT2D eigenvalue weighted by atomic mass is 9.98. The van der Waals surface area contributed by atoms with E-state index in [0.29, 0.717) is 6.04 Å². The third-order valence-corrected chi connectivity index (χ3v) is 3.80. The van der Waals surface area contributed by atoms with Crippen LogP contribution in [-0.2, 0) is 0 Å². The summed E-state index contributed by atoms with van der Waals surface area (Å²) in [4.78, 5) is 2.71. The van der Waals surface area contributed by atoms with E-state index in [9.17, 15) is 0 Å². The number of hydrogen-bond acceptors (Lipinski definition) is 2. The van der Waals surface area contributed by atoms with Gasteiger partial charge < -0.3 is 5.32 Å². The predicted octanol–water partition coefficient (Wildman–Crippen LogP) is 2.74. The van der Waals surface area contributed by atoms with Gasteiger partial charge in [0, 0.05) is 25.2 Å². The molecule has 1 rings (SSSR count). The summed E-state index contributed by atoms with van der Waals surface area (Å²) in [5, 5.41) is 3.50. The Morgan fingerprint density at radius 3 is 2.19 bits per heavy atom. The molecule has 16 heavy (non-hydrogen) atoms. The molecular weight excluding hydrogens is 196 g/mol. The first-order chi connectivity index (χ1) is 7.58. The Morgan fingerprint density at radius 2 is 1.81 bits per heavy atom. The normalized spacial score (nSPS) is 20.4. The maximum absolute atomic E-state index is 3.50. The maximum Gasteiger partial charge on any atom is 0.0217 e. The minimum Gasteiger partial charge on any atom is -0.315 e. The van der Waals surface area contributed by atoms with Gasteiger partial charge in [0.25, 0.3) is 0 Å². The highest BCUT2D eigenvalue weighted by atomic mass is 15.2. The SMILES string of the molecule is CCC(C)C(CN(CC(C)C)C1CC1)NC. The van der Waals surface area contributed by atoms with Crippen molar-refractivity contribution in [2.24, 2.45) is 11.8 Å². The minimum atomic E-state index is 0.657. The van der Waals surface area contributed by atoms with Crippen molar-refractivity contribution < 1.29 is 0 Å². The van der Waals surface area contributed by atoms with Crippen LogP contribution >= 0.6 is 0 Å². The molecule has 0 aromatic heterocycles. The van der Waals surface area contributed by atoms with E-state index in [1.165, 1.54) is 32.4 Å². The fourth-order valence-corrected chi connectivity index (χ4v) is 2.37. The van der Waals surface area contributed by atoms with Gasteiger partial charge in [0.1, 0.15) is 0 Å². The lowest BCUT2D eigenvalue weighted by Gasteiger charge is -2.31. The Kier molecular flexibility index (Phi) is 5.77. The molecule has 1 aliphatic carbocycles. The zero-order valence-corrected chi connectivity index (χ0v) is 11.8. The van der Waals surface area contributed by atoms with Crippen LogP contribution in [0.5, 0.6) is 0 Å². The Labute approximate surface area is 102 Å². The van der Waals surface area contributed by atoms with Gasteiger partial charge in [-0.25, -0.2) is 0 Å². The van der Waals surface area contributed by atoms with Crippen LogP contribution in [0.2, 0.25) is 0 Å². The topological polar surface area (TPSA) is 15.3 Å². The number of rotatable bonds is 8. The van der Waals surface area contributed by atoms with Crippen LogP contribution in [-0.4, -0.2) is 37.1 Å². The Hall–Kier alpha value is -0.0800. The molecule has 0 aromatic carbocycles. The second-order valence-electron chi connectivity index (χ2n) is 5.86. The van der Waals surface area contributed by atoms with Gasteiger partial charge in [-0.2, -0.15) is 0 Å². The maximum atomic E-state index is 3.50. The molecule has 0 saturated heterocycles. The largest absolute Gasteiger partial charge is 0.315 e. The van der Waals surface area contributed by atoms with E-state index < -0.39 is 0 Å². The number of likely N-dealkylation sites (N-methyl/N-ethyl adjacent to an activating group) is 1. The van der Waals surface area contributed by atoms with Gasteiger partial charge in [-0.1, -0.05) is 34.1 Å². The van der Waals surface area contributed by atoms with Crippen molar-refractivity contribution in [2.75, 3.05) is 20.1 Å². The van der Waals surface area contributed by atoms with Gasteiger partial charge in [0.15, 0.2) is 0 Å². The summed E-state index contributed by atoms with van der Waals surface area (Å²) < 4.78 is 0. The summed E-state index contributed by atoms with van der Waals surface area (Å²) in [7, 11) is 2.11. The summed E-state index contributed by atoms with van der Waals surface area (Å²) in [6, 6.07) is 1.55. The first kappa shape index (κ1) is 14.0. The van der Waals surface area contributed by atoms with Gasteiger partial charge in [0.05, 0.1) is 0 Å². The van der Waals surface area contributed by atoms with Crippen molar-refractivity contribution in [1.82, 2.24) is 10.2 Å². The lowest BCUT2D eigenvalue weighted by Crippen LogP contribution is -2.45.